The summed E-state index contributed by atoms with van der Waals surface area (Å²) < 4.78 is 22.7. The Kier molecular flexibility index (Phi) is 41.6. The fourth-order valence-corrected chi connectivity index (χ4v) is 12.5. The summed E-state index contributed by atoms with van der Waals surface area (Å²) in [5, 5.41) is 163. The number of carbonyl (C=O) groups is 8. The number of rotatable bonds is 37. The summed E-state index contributed by atoms with van der Waals surface area (Å²) in [6.07, 6.45) is -13.0. The molecule has 0 amide bonds. The van der Waals surface area contributed by atoms with E-state index >= 15 is 0 Å². The molecular weight excluding hydrogens is 1860 g/mol. The van der Waals surface area contributed by atoms with Crippen LogP contribution in [0.5, 0.6) is 11.5 Å². The van der Waals surface area contributed by atoms with E-state index in [-0.39, 0.29) is 172 Å². The Morgan fingerprint density at radius 3 is 0.876 bits per heavy atom. The minimum Gasteiger partial charge on any atom is -0.549 e. The quantitative estimate of drug-likeness (QED) is 0.0178. The van der Waals surface area contributed by atoms with Crippen molar-refractivity contribution in [1.82, 2.24) is 39.5 Å². The third-order valence-corrected chi connectivity index (χ3v) is 18.0. The second-order valence-corrected chi connectivity index (χ2v) is 28.0. The van der Waals surface area contributed by atoms with Crippen molar-refractivity contribution < 1.29 is 233 Å². The first-order chi connectivity index (χ1) is 56.6. The molecule has 0 bridgehead atoms. The number of carboxylic acids is 8. The SMILES string of the molecule is CCC1OC(Oc2ccc(C#Cc3cc(CN(CC(=O)[O-])CC(=O)[O-])nc(CN(CCc4ccc(C)cc4)Cc4cc(C#Cc5ccc(OC6OC(CO)C(O)C(O)C6O)cc5)cc(CN(CC(=O)[O-])CC(=O)[O-])n4)c3)cc2)C(O)C(O)C1O.Cc1ccc(C#Cc2cc(CN(CC(=O)[O-])CC(=O)[O-])nc(CN(CC(=O)[O-])CC(=O)[O-])c2)cc1.[Eu+3].[Eu+3]. The van der Waals surface area contributed by atoms with Crippen LogP contribution < -0.4 is 50.3 Å². The first-order valence-electron chi connectivity index (χ1n) is 37.0. The second kappa shape index (κ2) is 49.9. The molecule has 2 saturated heterocycles. The standard InChI is InChI=1S/C60H67N5O19.C24H25N3O8.2Eu/c1-3-47-53(75)55(77)57(79)59(83-47)81-45-16-12-36(13-17-45)8-10-39-22-41(61-43(24-39)28-64(30-49(67)68)31-50(69)70)26-63(21-20-38-6-4-35(2)5-7-38)27-42-23-40(25-44(62-42)29-65(32-51(71)72)33-52(73)74)11-9-37-14-18-46(19-15-37)82-60-58(80)56(78)54(76)48(34-66)84-60;1-16-2-4-17(5-3-16)6-7-18-8-19(10-26(12-21(28)29)13-22(30)31)25-20(9-18)11-27(14-23(32)33)15-24(34)35;;/h4-7,12-19,22-25,47-48,53-60,66,75-80H,3,20-21,26-34H2,1-2H3,(H,67,68)(H,69,70)(H,71,72)(H,73,74);2-5,8-9H,10-15H2,1H3,(H,28,29)(H,30,31)(H,32,33)(H,34,35);;/q;;2*+3/p-8. The molecule has 0 radical (unpaired) electrons. The zero-order valence-electron chi connectivity index (χ0n) is 65.3. The van der Waals surface area contributed by atoms with Gasteiger partial charge < -0.3 is 134 Å². The van der Waals surface area contributed by atoms with Crippen molar-refractivity contribution in [3.8, 4) is 47.0 Å². The number of aliphatic hydroxyl groups is 7. The number of carbonyl (C=O) groups excluding carboxylic acids is 8. The number of aryl methyl sites for hydroxylation is 2. The number of pyridine rings is 3. The first kappa shape index (κ1) is 101. The minimum atomic E-state index is -1.65. The molecule has 10 unspecified atom stereocenters. The van der Waals surface area contributed by atoms with E-state index in [0.717, 1.165) is 36.3 Å². The van der Waals surface area contributed by atoms with E-state index in [0.29, 0.717) is 64.2 Å². The molecule has 121 heavy (non-hydrogen) atoms. The van der Waals surface area contributed by atoms with Gasteiger partial charge in [-0.1, -0.05) is 90.0 Å². The number of hydrogen-bond donors (Lipinski definition) is 7. The van der Waals surface area contributed by atoms with E-state index in [4.69, 9.17) is 28.9 Å². The summed E-state index contributed by atoms with van der Waals surface area (Å²) in [5.74, 6) is 6.49. The molecule has 0 spiro atoms. The third kappa shape index (κ3) is 34.7. The fourth-order valence-electron chi connectivity index (χ4n) is 12.5. The molecule has 3 aromatic heterocycles. The van der Waals surface area contributed by atoms with Crippen molar-refractivity contribution in [3.63, 3.8) is 0 Å². The molecule has 0 saturated carbocycles. The molecular formula is C84H84Eu2N8O27-2. The van der Waals surface area contributed by atoms with Gasteiger partial charge in [-0.05, 0) is 129 Å². The average Bonchev–Trinajstić information content (AvgIpc) is 0.865. The van der Waals surface area contributed by atoms with Crippen LogP contribution in [-0.4, -0.2) is 250 Å². The third-order valence-electron chi connectivity index (χ3n) is 18.0. The van der Waals surface area contributed by atoms with Crippen LogP contribution in [0.2, 0.25) is 0 Å². The number of nitrogens with zero attached hydrogens (tertiary/aromatic N) is 8. The number of ether oxygens (including phenoxy) is 4. The molecule has 10 atom stereocenters. The number of hydrogen-bond acceptors (Lipinski definition) is 35. The largest absolute Gasteiger partial charge is 3.00 e. The van der Waals surface area contributed by atoms with Gasteiger partial charge >= 0.3 is 98.8 Å². The molecule has 5 heterocycles. The van der Waals surface area contributed by atoms with Gasteiger partial charge in [0.25, 0.3) is 0 Å². The van der Waals surface area contributed by atoms with Crippen molar-refractivity contribution in [2.45, 2.75) is 134 Å². The van der Waals surface area contributed by atoms with Gasteiger partial charge in [-0.3, -0.25) is 39.5 Å². The predicted octanol–water partition coefficient (Wildman–Crippen LogP) is -9.40. The number of benzene rings is 4. The summed E-state index contributed by atoms with van der Waals surface area (Å²) in [6, 6.07) is 37.5. The number of aliphatic hydroxyl groups excluding tert-OH is 7. The molecule has 638 valence electrons. The van der Waals surface area contributed by atoms with Crippen LogP contribution in [0.15, 0.2) is 133 Å². The molecule has 7 aromatic rings. The van der Waals surface area contributed by atoms with E-state index in [9.17, 15) is 115 Å². The van der Waals surface area contributed by atoms with Crippen molar-refractivity contribution in [2.24, 2.45) is 0 Å². The summed E-state index contributed by atoms with van der Waals surface area (Å²) in [5.41, 5.74) is 7.72. The molecule has 2 aliphatic rings. The Morgan fingerprint density at radius 1 is 0.355 bits per heavy atom. The summed E-state index contributed by atoms with van der Waals surface area (Å²) in [4.78, 5) is 111. The van der Waals surface area contributed by atoms with Crippen LogP contribution >= 0.6 is 0 Å². The van der Waals surface area contributed by atoms with Gasteiger partial charge in [0.05, 0.1) is 94.6 Å². The smallest absolute Gasteiger partial charge is 0.549 e. The van der Waals surface area contributed by atoms with Gasteiger partial charge in [-0.2, -0.15) is 0 Å². The molecule has 7 N–H and O–H groups in total. The maximum absolute atomic E-state index is 11.8. The van der Waals surface area contributed by atoms with Crippen LogP contribution in [0.1, 0.15) is 97.6 Å². The van der Waals surface area contributed by atoms with Crippen LogP contribution in [0, 0.1) is 148 Å². The average molecular weight is 1940 g/mol. The molecule has 4 aromatic carbocycles. The number of aliphatic carboxylic acids is 8. The van der Waals surface area contributed by atoms with Crippen molar-refractivity contribution in [2.75, 3.05) is 65.5 Å². The molecule has 2 aliphatic heterocycles. The monoisotopic (exact) mass is 1940 g/mol. The Labute approximate surface area is 776 Å². The maximum Gasteiger partial charge on any atom is 3.00 e. The molecule has 9 rings (SSSR count). The van der Waals surface area contributed by atoms with Crippen molar-refractivity contribution in [1.29, 1.82) is 0 Å². The molecule has 37 heteroatoms. The summed E-state index contributed by atoms with van der Waals surface area (Å²) >= 11 is 0. The van der Waals surface area contributed by atoms with Gasteiger partial charge in [0, 0.05) is 132 Å². The van der Waals surface area contributed by atoms with E-state index in [1.165, 1.54) is 24.3 Å². The van der Waals surface area contributed by atoms with E-state index < -0.39 is 168 Å². The number of carboxylic acid groups (broad SMARTS) is 8. The van der Waals surface area contributed by atoms with Gasteiger partial charge in [-0.25, -0.2) is 0 Å². The topological polar surface area (TPSA) is 554 Å². The van der Waals surface area contributed by atoms with Crippen LogP contribution in [0.3, 0.4) is 0 Å². The maximum atomic E-state index is 11.8. The van der Waals surface area contributed by atoms with E-state index in [2.05, 4.69) is 40.5 Å². The van der Waals surface area contributed by atoms with Crippen LogP contribution in [0.4, 0.5) is 0 Å². The Balaban J connectivity index is 0.000000513. The summed E-state index contributed by atoms with van der Waals surface area (Å²) in [7, 11) is 0. The minimum absolute atomic E-state index is 0. The van der Waals surface area contributed by atoms with Gasteiger partial charge in [0.15, 0.2) is 0 Å². The Bertz CT molecular complexity index is 4570. The van der Waals surface area contributed by atoms with Gasteiger partial charge in [0.1, 0.15) is 54.2 Å². The van der Waals surface area contributed by atoms with Gasteiger partial charge in [-0.15, -0.1) is 0 Å². The van der Waals surface area contributed by atoms with Crippen molar-refractivity contribution >= 4 is 47.8 Å². The normalized spacial score (nSPS) is 18.4. The molecule has 35 nitrogen and oxygen atoms in total. The van der Waals surface area contributed by atoms with Gasteiger partial charge in [0.2, 0.25) is 12.6 Å². The zero-order valence-corrected chi connectivity index (χ0v) is 70.2. The number of aromatic nitrogens is 3. The first-order valence-corrected chi connectivity index (χ1v) is 37.0. The van der Waals surface area contributed by atoms with Crippen LogP contribution in [0.25, 0.3) is 0 Å². The van der Waals surface area contributed by atoms with E-state index in [1.807, 2.05) is 67.3 Å². The molecule has 2 fully saturated rings. The second-order valence-electron chi connectivity index (χ2n) is 28.0. The predicted molar refractivity (Wildman–Crippen MR) is 397 cm³/mol. The fraction of sp³-hybridized carbons (Fsp3) is 0.369. The summed E-state index contributed by atoms with van der Waals surface area (Å²) in [6.45, 7) is -1.33. The molecule has 0 aliphatic carbocycles. The zero-order chi connectivity index (χ0) is 86.6. The Hall–Kier alpha value is -9.02. The van der Waals surface area contributed by atoms with E-state index in [1.54, 1.807) is 67.6 Å². The Morgan fingerprint density at radius 2 is 0.603 bits per heavy atom. The van der Waals surface area contributed by atoms with Crippen LogP contribution in [-0.2, 0) is 93.5 Å². The van der Waals surface area contributed by atoms with Crippen molar-refractivity contribution in [3.05, 3.63) is 218 Å².